The van der Waals surface area contributed by atoms with Crippen molar-refractivity contribution in [3.8, 4) is 0 Å². The molecule has 1 aromatic heterocycles. The summed E-state index contributed by atoms with van der Waals surface area (Å²) in [7, 11) is 0. The predicted octanol–water partition coefficient (Wildman–Crippen LogP) is 5.28. The summed E-state index contributed by atoms with van der Waals surface area (Å²) >= 11 is 11.7. The number of urea groups is 1. The second-order valence-electron chi connectivity index (χ2n) is 5.45. The molecule has 0 aliphatic heterocycles. The topological polar surface area (TPSA) is 83.1 Å². The summed E-state index contributed by atoms with van der Waals surface area (Å²) < 4.78 is 0. The highest BCUT2D eigenvalue weighted by Crippen LogP contribution is 2.20. The van der Waals surface area contributed by atoms with Gasteiger partial charge in [-0.25, -0.2) is 9.78 Å². The lowest BCUT2D eigenvalue weighted by Crippen LogP contribution is -2.19. The molecule has 8 heteroatoms. The molecule has 0 aliphatic rings. The second kappa shape index (κ2) is 8.53. The highest BCUT2D eigenvalue weighted by atomic mass is 35.5. The lowest BCUT2D eigenvalue weighted by Gasteiger charge is -2.10. The summed E-state index contributed by atoms with van der Waals surface area (Å²) in [6.45, 7) is 0. The number of rotatable bonds is 4. The van der Waals surface area contributed by atoms with Gasteiger partial charge in [0, 0.05) is 17.1 Å². The Labute approximate surface area is 165 Å². The van der Waals surface area contributed by atoms with Crippen molar-refractivity contribution in [2.75, 3.05) is 16.0 Å². The Morgan fingerprint density at radius 1 is 0.741 bits per heavy atom. The molecule has 0 radical (unpaired) electrons. The van der Waals surface area contributed by atoms with E-state index in [9.17, 15) is 9.59 Å². The van der Waals surface area contributed by atoms with E-state index in [4.69, 9.17) is 23.2 Å². The third-order valence-corrected chi connectivity index (χ3v) is 3.97. The second-order valence-corrected chi connectivity index (χ2v) is 6.20. The molecular formula is C19H14Cl2N4O2. The summed E-state index contributed by atoms with van der Waals surface area (Å²) in [5, 5.41) is 8.33. The third-order valence-electron chi connectivity index (χ3n) is 3.47. The van der Waals surface area contributed by atoms with Gasteiger partial charge in [0.05, 0.1) is 5.56 Å². The van der Waals surface area contributed by atoms with Crippen LogP contribution in [0, 0.1) is 0 Å². The zero-order valence-electron chi connectivity index (χ0n) is 13.9. The van der Waals surface area contributed by atoms with Crippen LogP contribution in [0.1, 0.15) is 10.4 Å². The zero-order valence-corrected chi connectivity index (χ0v) is 15.4. The van der Waals surface area contributed by atoms with Crippen molar-refractivity contribution in [3.63, 3.8) is 0 Å². The number of carbonyl (C=O) groups excluding carboxylic acids is 2. The number of hydrogen-bond donors (Lipinski definition) is 3. The van der Waals surface area contributed by atoms with E-state index in [2.05, 4.69) is 20.9 Å². The number of nitrogens with zero attached hydrogens (tertiary/aromatic N) is 1. The van der Waals surface area contributed by atoms with Gasteiger partial charge < -0.3 is 16.0 Å². The van der Waals surface area contributed by atoms with Crippen LogP contribution in [-0.4, -0.2) is 16.9 Å². The number of aromatic nitrogens is 1. The van der Waals surface area contributed by atoms with Gasteiger partial charge in [-0.1, -0.05) is 47.5 Å². The van der Waals surface area contributed by atoms with Crippen molar-refractivity contribution in [3.05, 3.63) is 82.6 Å². The number of carbonyl (C=O) groups is 2. The molecule has 3 amide bonds. The van der Waals surface area contributed by atoms with E-state index in [-0.39, 0.29) is 15.9 Å². The molecule has 3 aromatic rings. The van der Waals surface area contributed by atoms with Gasteiger partial charge in [-0.2, -0.15) is 0 Å². The lowest BCUT2D eigenvalue weighted by molar-refractivity contribution is 0.102. The Morgan fingerprint density at radius 3 is 2.07 bits per heavy atom. The summed E-state index contributed by atoms with van der Waals surface area (Å²) in [4.78, 5) is 28.2. The minimum Gasteiger partial charge on any atom is -0.322 e. The number of nitrogens with one attached hydrogen (secondary N) is 3. The van der Waals surface area contributed by atoms with E-state index >= 15 is 0 Å². The number of amides is 3. The van der Waals surface area contributed by atoms with Gasteiger partial charge in [-0.15, -0.1) is 0 Å². The lowest BCUT2D eigenvalue weighted by atomic mass is 10.2. The molecule has 0 spiro atoms. The van der Waals surface area contributed by atoms with Crippen LogP contribution in [0.4, 0.5) is 21.9 Å². The highest BCUT2D eigenvalue weighted by Gasteiger charge is 2.12. The van der Waals surface area contributed by atoms with E-state index in [1.165, 1.54) is 12.1 Å². The highest BCUT2D eigenvalue weighted by molar-refractivity contribution is 6.35. The first-order chi connectivity index (χ1) is 13.0. The SMILES string of the molecule is O=C(Nc1ccccc1)Nc1cccc(NC(=O)c2ccc(Cl)nc2Cl)c1. The fourth-order valence-corrected chi connectivity index (χ4v) is 2.70. The van der Waals surface area contributed by atoms with Crippen LogP contribution in [0.25, 0.3) is 0 Å². The number of pyridine rings is 1. The molecule has 0 bridgehead atoms. The minimum absolute atomic E-state index is 0.0107. The Hall–Kier alpha value is -3.09. The molecule has 0 saturated heterocycles. The summed E-state index contributed by atoms with van der Waals surface area (Å²) in [6.07, 6.45) is 0. The van der Waals surface area contributed by atoms with Crippen LogP contribution in [0.5, 0.6) is 0 Å². The van der Waals surface area contributed by atoms with Gasteiger partial charge in [-0.05, 0) is 42.5 Å². The predicted molar refractivity (Wildman–Crippen MR) is 108 cm³/mol. The fraction of sp³-hybridized carbons (Fsp3) is 0. The van der Waals surface area contributed by atoms with Crippen molar-refractivity contribution >= 4 is 52.2 Å². The molecule has 0 aliphatic carbocycles. The fourth-order valence-electron chi connectivity index (χ4n) is 2.27. The molecule has 27 heavy (non-hydrogen) atoms. The Kier molecular flexibility index (Phi) is 5.90. The average molecular weight is 401 g/mol. The molecule has 6 nitrogen and oxygen atoms in total. The van der Waals surface area contributed by atoms with E-state index in [0.717, 1.165) is 0 Å². The van der Waals surface area contributed by atoms with Crippen molar-refractivity contribution in [1.29, 1.82) is 0 Å². The normalized spacial score (nSPS) is 10.1. The van der Waals surface area contributed by atoms with Gasteiger partial charge in [0.15, 0.2) is 0 Å². The molecule has 2 aromatic carbocycles. The first-order valence-corrected chi connectivity index (χ1v) is 8.63. The number of anilines is 3. The van der Waals surface area contributed by atoms with Gasteiger partial charge in [0.1, 0.15) is 10.3 Å². The maximum absolute atomic E-state index is 12.3. The van der Waals surface area contributed by atoms with Gasteiger partial charge in [0.2, 0.25) is 0 Å². The van der Waals surface area contributed by atoms with Crippen molar-refractivity contribution in [2.45, 2.75) is 0 Å². The molecule has 136 valence electrons. The largest absolute Gasteiger partial charge is 0.323 e. The number of benzene rings is 2. The Morgan fingerprint density at radius 2 is 1.37 bits per heavy atom. The quantitative estimate of drug-likeness (QED) is 0.520. The van der Waals surface area contributed by atoms with Gasteiger partial charge >= 0.3 is 6.03 Å². The molecule has 0 saturated carbocycles. The number of hydrogen-bond acceptors (Lipinski definition) is 3. The van der Waals surface area contributed by atoms with Crippen LogP contribution in [0.3, 0.4) is 0 Å². The van der Waals surface area contributed by atoms with Crippen molar-refractivity contribution in [2.24, 2.45) is 0 Å². The molecule has 1 heterocycles. The van der Waals surface area contributed by atoms with E-state index in [1.807, 2.05) is 18.2 Å². The smallest absolute Gasteiger partial charge is 0.322 e. The maximum Gasteiger partial charge on any atom is 0.323 e. The zero-order chi connectivity index (χ0) is 19.2. The van der Waals surface area contributed by atoms with E-state index in [0.29, 0.717) is 17.1 Å². The van der Waals surface area contributed by atoms with E-state index in [1.54, 1.807) is 36.4 Å². The molecule has 0 unspecified atom stereocenters. The molecular weight excluding hydrogens is 387 g/mol. The molecule has 3 rings (SSSR count). The van der Waals surface area contributed by atoms with Crippen LogP contribution in [0.15, 0.2) is 66.7 Å². The Bertz CT molecular complexity index is 980. The summed E-state index contributed by atoms with van der Waals surface area (Å²) in [5.41, 5.74) is 1.87. The molecule has 0 atom stereocenters. The van der Waals surface area contributed by atoms with Gasteiger partial charge in [0.25, 0.3) is 5.91 Å². The summed E-state index contributed by atoms with van der Waals surface area (Å²) in [5.74, 6) is -0.435. The standard InChI is InChI=1S/C19H14Cl2N4O2/c20-16-10-9-15(17(21)25-16)18(26)22-13-7-4-8-14(11-13)24-19(27)23-12-5-2-1-3-6-12/h1-11H,(H,22,26)(H2,23,24,27). The average Bonchev–Trinajstić information content (AvgIpc) is 2.62. The van der Waals surface area contributed by atoms with E-state index < -0.39 is 11.9 Å². The molecule has 0 fully saturated rings. The molecule has 3 N–H and O–H groups in total. The van der Waals surface area contributed by atoms with Crippen LogP contribution < -0.4 is 16.0 Å². The number of halogens is 2. The van der Waals surface area contributed by atoms with Crippen molar-refractivity contribution in [1.82, 2.24) is 4.98 Å². The van der Waals surface area contributed by atoms with Crippen LogP contribution in [-0.2, 0) is 0 Å². The first-order valence-electron chi connectivity index (χ1n) is 7.88. The van der Waals surface area contributed by atoms with Crippen molar-refractivity contribution < 1.29 is 9.59 Å². The number of para-hydroxylation sites is 1. The summed E-state index contributed by atoms with van der Waals surface area (Å²) in [6, 6.07) is 18.4. The maximum atomic E-state index is 12.3. The van der Waals surface area contributed by atoms with Crippen LogP contribution >= 0.6 is 23.2 Å². The van der Waals surface area contributed by atoms with Crippen LogP contribution in [0.2, 0.25) is 10.3 Å². The Balaban J connectivity index is 1.66. The first kappa shape index (κ1) is 18.7. The third kappa shape index (κ3) is 5.20. The monoisotopic (exact) mass is 400 g/mol. The minimum atomic E-state index is -0.435. The van der Waals surface area contributed by atoms with Gasteiger partial charge in [-0.3, -0.25) is 4.79 Å².